The van der Waals surface area contributed by atoms with E-state index in [2.05, 4.69) is 48.5 Å². The lowest BCUT2D eigenvalue weighted by Crippen LogP contribution is -2.65. The van der Waals surface area contributed by atoms with E-state index >= 15 is 0 Å². The van der Waals surface area contributed by atoms with Crippen LogP contribution < -0.4 is 0 Å². The van der Waals surface area contributed by atoms with Crippen molar-refractivity contribution in [3.63, 3.8) is 0 Å². The largest absolute Gasteiger partial charge is 0.396 e. The third-order valence-electron chi connectivity index (χ3n) is 14.3. The molecule has 10 atom stereocenters. The summed E-state index contributed by atoms with van der Waals surface area (Å²) in [6, 6.07) is 0. The van der Waals surface area contributed by atoms with E-state index in [4.69, 9.17) is 0 Å². The molecule has 33 heavy (non-hydrogen) atoms. The van der Waals surface area contributed by atoms with Crippen LogP contribution in [0.3, 0.4) is 0 Å². The molecule has 190 valence electrons. The first-order valence-corrected chi connectivity index (χ1v) is 15.0. The van der Waals surface area contributed by atoms with Gasteiger partial charge in [0.1, 0.15) is 0 Å². The van der Waals surface area contributed by atoms with Gasteiger partial charge >= 0.3 is 0 Å². The van der Waals surface area contributed by atoms with Crippen molar-refractivity contribution >= 4 is 0 Å². The monoisotopic (exact) mass is 456 g/mol. The molecule has 0 heterocycles. The van der Waals surface area contributed by atoms with Crippen molar-refractivity contribution in [2.24, 2.45) is 62.6 Å². The topological polar surface area (TPSA) is 20.2 Å². The lowest BCUT2D eigenvalue weighted by Gasteiger charge is -2.73. The maximum atomic E-state index is 9.40. The molecule has 5 aliphatic rings. The Morgan fingerprint density at radius 1 is 0.697 bits per heavy atom. The van der Waals surface area contributed by atoms with Crippen molar-refractivity contribution in [3.05, 3.63) is 0 Å². The van der Waals surface area contributed by atoms with Crippen molar-refractivity contribution in [2.45, 2.75) is 132 Å². The molecule has 0 aliphatic heterocycles. The van der Waals surface area contributed by atoms with E-state index in [1.54, 1.807) is 0 Å². The van der Waals surface area contributed by atoms with Gasteiger partial charge in [-0.1, -0.05) is 54.9 Å². The molecule has 1 heteroatoms. The van der Waals surface area contributed by atoms with Gasteiger partial charge in [-0.2, -0.15) is 0 Å². The third-order valence-corrected chi connectivity index (χ3v) is 14.3. The van der Waals surface area contributed by atoms with Gasteiger partial charge in [-0.15, -0.1) is 0 Å². The Morgan fingerprint density at radius 3 is 2.00 bits per heavy atom. The van der Waals surface area contributed by atoms with Crippen LogP contribution in [-0.4, -0.2) is 11.7 Å². The van der Waals surface area contributed by atoms with Crippen molar-refractivity contribution in [1.29, 1.82) is 0 Å². The van der Waals surface area contributed by atoms with Gasteiger partial charge in [0.2, 0.25) is 0 Å². The van der Waals surface area contributed by atoms with E-state index in [0.717, 1.165) is 41.9 Å². The highest BCUT2D eigenvalue weighted by Crippen LogP contribution is 2.78. The predicted octanol–water partition coefficient (Wildman–Crippen LogP) is 8.89. The first-order valence-electron chi connectivity index (χ1n) is 15.0. The van der Waals surface area contributed by atoms with Crippen LogP contribution in [0.1, 0.15) is 132 Å². The van der Waals surface area contributed by atoms with Crippen molar-refractivity contribution in [3.8, 4) is 0 Å². The van der Waals surface area contributed by atoms with Gasteiger partial charge < -0.3 is 5.11 Å². The van der Waals surface area contributed by atoms with Crippen LogP contribution in [0.15, 0.2) is 0 Å². The van der Waals surface area contributed by atoms with E-state index in [-0.39, 0.29) is 0 Å². The minimum Gasteiger partial charge on any atom is -0.396 e. The Hall–Kier alpha value is -0.0400. The zero-order valence-electron chi connectivity index (χ0n) is 23.3. The second-order valence-corrected chi connectivity index (χ2v) is 15.7. The SMILES string of the molecule is CC(CCCO)[C@H]1CC[C@]2(C)[C@H]3CC[C@@H]4[C@@]5(C)CCCC(C)(C)[C@@H]5CC[C@@]4(C)[C@]3(C)CC[C@@H]12. The van der Waals surface area contributed by atoms with Gasteiger partial charge in [-0.25, -0.2) is 0 Å². The van der Waals surface area contributed by atoms with Gasteiger partial charge in [0.25, 0.3) is 0 Å². The summed E-state index contributed by atoms with van der Waals surface area (Å²) in [6.07, 6.45) is 18.5. The summed E-state index contributed by atoms with van der Waals surface area (Å²) in [5, 5.41) is 9.40. The molecular weight excluding hydrogens is 400 g/mol. The number of hydrogen-bond donors (Lipinski definition) is 1. The van der Waals surface area contributed by atoms with Crippen LogP contribution in [0.2, 0.25) is 0 Å². The molecule has 0 radical (unpaired) electrons. The summed E-state index contributed by atoms with van der Waals surface area (Å²) in [4.78, 5) is 0. The number of aliphatic hydroxyl groups is 1. The first kappa shape index (κ1) is 24.6. The van der Waals surface area contributed by atoms with E-state index in [1.165, 1.54) is 77.0 Å². The van der Waals surface area contributed by atoms with Gasteiger partial charge in [0.15, 0.2) is 0 Å². The van der Waals surface area contributed by atoms with E-state index in [0.29, 0.717) is 33.7 Å². The van der Waals surface area contributed by atoms with Gasteiger partial charge in [-0.3, -0.25) is 0 Å². The van der Waals surface area contributed by atoms with Crippen molar-refractivity contribution in [1.82, 2.24) is 0 Å². The Balaban J connectivity index is 1.45. The molecule has 1 unspecified atom stereocenters. The van der Waals surface area contributed by atoms with Crippen LogP contribution in [0.4, 0.5) is 0 Å². The number of hydrogen-bond acceptors (Lipinski definition) is 1. The first-order chi connectivity index (χ1) is 15.4. The highest BCUT2D eigenvalue weighted by molar-refractivity contribution is 5.19. The smallest absolute Gasteiger partial charge is 0.0431 e. The molecule has 0 aromatic heterocycles. The Labute approximate surface area is 206 Å². The minimum atomic E-state index is 0.371. The molecule has 1 N–H and O–H groups in total. The molecular formula is C32H56O. The predicted molar refractivity (Wildman–Crippen MR) is 140 cm³/mol. The highest BCUT2D eigenvalue weighted by atomic mass is 16.2. The van der Waals surface area contributed by atoms with E-state index in [9.17, 15) is 5.11 Å². The zero-order valence-corrected chi connectivity index (χ0v) is 23.3. The van der Waals surface area contributed by atoms with Gasteiger partial charge in [0, 0.05) is 6.61 Å². The molecule has 0 aromatic rings. The molecule has 0 spiro atoms. The number of aliphatic hydroxyl groups excluding tert-OH is 1. The fourth-order valence-electron chi connectivity index (χ4n) is 12.6. The standard InChI is InChI=1S/C32H56O/c1-22(10-8-21-33)23-13-18-29(4)24(23)14-19-31(6)26(29)11-12-27-30(5)17-9-16-28(2,3)25(30)15-20-32(27,31)7/h22-27,33H,8-21H2,1-7H3/t22?,23-,24+,25+,26-,27-,29+,30+,31-,32-/m1/s1. The molecule has 0 bridgehead atoms. The van der Waals surface area contributed by atoms with E-state index in [1.807, 2.05) is 0 Å². The quantitative estimate of drug-likeness (QED) is 0.448. The maximum Gasteiger partial charge on any atom is 0.0431 e. The van der Waals surface area contributed by atoms with Crippen LogP contribution in [-0.2, 0) is 0 Å². The Morgan fingerprint density at radius 2 is 1.33 bits per heavy atom. The number of fused-ring (bicyclic) bond motifs is 7. The summed E-state index contributed by atoms with van der Waals surface area (Å²) in [6.45, 7) is 19.2. The number of rotatable bonds is 4. The van der Waals surface area contributed by atoms with Crippen LogP contribution in [0.25, 0.3) is 0 Å². The molecule has 5 saturated carbocycles. The second kappa shape index (κ2) is 7.98. The normalized spacial score (nSPS) is 54.0. The van der Waals surface area contributed by atoms with Crippen LogP contribution in [0.5, 0.6) is 0 Å². The molecule has 5 rings (SSSR count). The summed E-state index contributed by atoms with van der Waals surface area (Å²) < 4.78 is 0. The molecule has 1 nitrogen and oxygen atoms in total. The summed E-state index contributed by atoms with van der Waals surface area (Å²) in [7, 11) is 0. The van der Waals surface area contributed by atoms with Crippen LogP contribution in [0, 0.1) is 62.6 Å². The average Bonchev–Trinajstić information content (AvgIpc) is 3.09. The second-order valence-electron chi connectivity index (χ2n) is 15.7. The Kier molecular flexibility index (Phi) is 5.96. The summed E-state index contributed by atoms with van der Waals surface area (Å²) in [5.74, 6) is 5.43. The average molecular weight is 457 g/mol. The fourth-order valence-corrected chi connectivity index (χ4v) is 12.6. The molecule has 5 aliphatic carbocycles. The Bertz CT molecular complexity index is 741. The third kappa shape index (κ3) is 3.25. The molecule has 0 amide bonds. The van der Waals surface area contributed by atoms with Gasteiger partial charge in [-0.05, 0) is 140 Å². The minimum absolute atomic E-state index is 0.371. The fraction of sp³-hybridized carbons (Fsp3) is 1.00. The lowest BCUT2D eigenvalue weighted by atomic mass is 9.32. The molecule has 0 saturated heterocycles. The summed E-state index contributed by atoms with van der Waals surface area (Å²) in [5.41, 5.74) is 2.72. The lowest BCUT2D eigenvalue weighted by molar-refractivity contribution is -0.241. The molecule has 0 aromatic carbocycles. The maximum absolute atomic E-state index is 9.40. The van der Waals surface area contributed by atoms with Crippen molar-refractivity contribution < 1.29 is 5.11 Å². The van der Waals surface area contributed by atoms with Crippen molar-refractivity contribution in [2.75, 3.05) is 6.61 Å². The van der Waals surface area contributed by atoms with E-state index < -0.39 is 0 Å². The molecule has 5 fully saturated rings. The van der Waals surface area contributed by atoms with Gasteiger partial charge in [0.05, 0.1) is 0 Å². The van der Waals surface area contributed by atoms with Crippen LogP contribution >= 0.6 is 0 Å². The zero-order chi connectivity index (χ0) is 23.9. The highest BCUT2D eigenvalue weighted by Gasteiger charge is 2.70. The summed E-state index contributed by atoms with van der Waals surface area (Å²) >= 11 is 0.